The summed E-state index contributed by atoms with van der Waals surface area (Å²) in [7, 11) is 4.18. The number of amides is 1. The minimum atomic E-state index is -0.652. The van der Waals surface area contributed by atoms with Gasteiger partial charge in [0, 0.05) is 5.56 Å². The lowest BCUT2D eigenvalue weighted by molar-refractivity contribution is -0.139. The number of hydrogen-bond acceptors (Lipinski definition) is 9. The Morgan fingerprint density at radius 3 is 2.46 bits per heavy atom. The molecule has 0 fully saturated rings. The van der Waals surface area contributed by atoms with Gasteiger partial charge in [-0.3, -0.25) is 19.4 Å². The van der Waals surface area contributed by atoms with Crippen LogP contribution in [0.5, 0.6) is 11.5 Å². The first kappa shape index (κ1) is 21.1. The number of nitrogen functional groups attached to an aromatic ring is 1. The average Bonchev–Trinajstić information content (AvgIpc) is 2.69. The number of anilines is 2. The molecule has 0 aliphatic heterocycles. The molecule has 0 bridgehead atoms. The standard InChI is InChI=1S/C17H20N4O6S/c1-8(16(24)27-4)28-17-20-13(18)12(15(23)21-17)19-14(22)9-5-6-10(25-2)11(7-9)26-3/h5-8H,1-4H3,(H,19,22)(H3,18,20,21,23)/t8-/m0/s1. The molecule has 0 radical (unpaired) electrons. The van der Waals surface area contributed by atoms with Crippen LogP contribution in [0.1, 0.15) is 17.3 Å². The molecule has 1 aromatic heterocycles. The van der Waals surface area contributed by atoms with E-state index in [1.165, 1.54) is 33.5 Å². The van der Waals surface area contributed by atoms with Gasteiger partial charge < -0.3 is 25.3 Å². The van der Waals surface area contributed by atoms with Crippen LogP contribution in [0.15, 0.2) is 28.2 Å². The Hall–Kier alpha value is -3.21. The SMILES string of the molecule is COC(=O)[C@H](C)Sc1nc(N)c(NC(=O)c2ccc(OC)c(OC)c2)c(=O)[nH]1. The van der Waals surface area contributed by atoms with Gasteiger partial charge in [0.15, 0.2) is 22.5 Å². The number of benzene rings is 1. The van der Waals surface area contributed by atoms with Crippen molar-refractivity contribution in [1.29, 1.82) is 0 Å². The highest BCUT2D eigenvalue weighted by atomic mass is 32.2. The molecule has 4 N–H and O–H groups in total. The molecule has 11 heteroatoms. The van der Waals surface area contributed by atoms with E-state index in [-0.39, 0.29) is 22.2 Å². The van der Waals surface area contributed by atoms with Crippen molar-refractivity contribution in [2.45, 2.75) is 17.3 Å². The molecule has 0 unspecified atom stereocenters. The molecule has 1 aromatic carbocycles. The van der Waals surface area contributed by atoms with Crippen LogP contribution in [0, 0.1) is 0 Å². The van der Waals surface area contributed by atoms with E-state index >= 15 is 0 Å². The maximum Gasteiger partial charge on any atom is 0.318 e. The highest BCUT2D eigenvalue weighted by molar-refractivity contribution is 8.00. The second kappa shape index (κ2) is 9.13. The van der Waals surface area contributed by atoms with Gasteiger partial charge in [0.1, 0.15) is 10.9 Å². The fraction of sp³-hybridized carbons (Fsp3) is 0.294. The Labute approximate surface area is 164 Å². The first-order valence-electron chi connectivity index (χ1n) is 7.98. The predicted octanol–water partition coefficient (Wildman–Crippen LogP) is 1.28. The molecule has 0 aliphatic rings. The lowest BCUT2D eigenvalue weighted by Gasteiger charge is -2.12. The molecule has 1 atom stereocenters. The number of rotatable bonds is 7. The Bertz CT molecular complexity index is 946. The summed E-state index contributed by atoms with van der Waals surface area (Å²) in [5.41, 5.74) is 5.19. The molecule has 0 saturated heterocycles. The fourth-order valence-corrected chi connectivity index (χ4v) is 3.02. The molecule has 1 amide bonds. The van der Waals surface area contributed by atoms with E-state index in [1.54, 1.807) is 13.0 Å². The Balaban J connectivity index is 2.23. The molecular formula is C17H20N4O6S. The molecule has 10 nitrogen and oxygen atoms in total. The van der Waals surface area contributed by atoms with E-state index in [0.717, 1.165) is 11.8 Å². The first-order valence-corrected chi connectivity index (χ1v) is 8.86. The van der Waals surface area contributed by atoms with Crippen molar-refractivity contribution in [3.63, 3.8) is 0 Å². The number of aromatic amines is 1. The summed E-state index contributed by atoms with van der Waals surface area (Å²) < 4.78 is 14.9. The van der Waals surface area contributed by atoms with Crippen molar-refractivity contribution in [1.82, 2.24) is 9.97 Å². The molecule has 28 heavy (non-hydrogen) atoms. The number of carbonyl (C=O) groups excluding carboxylic acids is 2. The topological polar surface area (TPSA) is 146 Å². The maximum atomic E-state index is 12.5. The fourth-order valence-electron chi connectivity index (χ4n) is 2.19. The van der Waals surface area contributed by atoms with Crippen molar-refractivity contribution in [3.05, 3.63) is 34.1 Å². The third-order valence-corrected chi connectivity index (χ3v) is 4.59. The lowest BCUT2D eigenvalue weighted by Crippen LogP contribution is -2.24. The van der Waals surface area contributed by atoms with Crippen LogP contribution >= 0.6 is 11.8 Å². The molecular weight excluding hydrogens is 388 g/mol. The number of esters is 1. The number of H-pyrrole nitrogens is 1. The Kier molecular flexibility index (Phi) is 6.88. The van der Waals surface area contributed by atoms with Crippen molar-refractivity contribution in [2.24, 2.45) is 0 Å². The number of hydrogen-bond donors (Lipinski definition) is 3. The van der Waals surface area contributed by atoms with Gasteiger partial charge in [-0.05, 0) is 25.1 Å². The number of carbonyl (C=O) groups is 2. The number of methoxy groups -OCH3 is 3. The zero-order chi connectivity index (χ0) is 20.8. The third kappa shape index (κ3) is 4.74. The second-order valence-electron chi connectivity index (χ2n) is 5.44. The number of thioether (sulfide) groups is 1. The van der Waals surface area contributed by atoms with Crippen molar-refractivity contribution < 1.29 is 23.8 Å². The van der Waals surface area contributed by atoms with Gasteiger partial charge in [0.25, 0.3) is 11.5 Å². The molecule has 0 saturated carbocycles. The van der Waals surface area contributed by atoms with Crippen LogP contribution in [0.3, 0.4) is 0 Å². The van der Waals surface area contributed by atoms with Crippen molar-refractivity contribution >= 4 is 35.1 Å². The van der Waals surface area contributed by atoms with Gasteiger partial charge in [-0.25, -0.2) is 4.98 Å². The van der Waals surface area contributed by atoms with E-state index in [2.05, 4.69) is 20.0 Å². The first-order chi connectivity index (χ1) is 13.3. The molecule has 0 spiro atoms. The highest BCUT2D eigenvalue weighted by Crippen LogP contribution is 2.28. The van der Waals surface area contributed by atoms with Crippen molar-refractivity contribution in [3.8, 4) is 11.5 Å². The van der Waals surface area contributed by atoms with Crippen LogP contribution in [0.2, 0.25) is 0 Å². The zero-order valence-electron chi connectivity index (χ0n) is 15.7. The summed E-state index contributed by atoms with van der Waals surface area (Å²) in [4.78, 5) is 42.7. The summed E-state index contributed by atoms with van der Waals surface area (Å²) in [5, 5.41) is 1.96. The Morgan fingerprint density at radius 2 is 1.89 bits per heavy atom. The monoisotopic (exact) mass is 408 g/mol. The van der Waals surface area contributed by atoms with Crippen LogP contribution in [-0.2, 0) is 9.53 Å². The van der Waals surface area contributed by atoms with Crippen LogP contribution in [-0.4, -0.2) is 48.4 Å². The molecule has 1 heterocycles. The average molecular weight is 408 g/mol. The number of ether oxygens (including phenoxy) is 3. The predicted molar refractivity (Wildman–Crippen MR) is 104 cm³/mol. The largest absolute Gasteiger partial charge is 0.493 e. The van der Waals surface area contributed by atoms with Gasteiger partial charge in [0.2, 0.25) is 0 Å². The summed E-state index contributed by atoms with van der Waals surface area (Å²) in [6.07, 6.45) is 0. The lowest BCUT2D eigenvalue weighted by atomic mass is 10.2. The third-order valence-electron chi connectivity index (χ3n) is 3.63. The zero-order valence-corrected chi connectivity index (χ0v) is 16.5. The quantitative estimate of drug-likeness (QED) is 0.350. The molecule has 0 aliphatic carbocycles. The minimum Gasteiger partial charge on any atom is -0.493 e. The van der Waals surface area contributed by atoms with E-state index in [4.69, 9.17) is 15.2 Å². The van der Waals surface area contributed by atoms with E-state index in [1.807, 2.05) is 0 Å². The smallest absolute Gasteiger partial charge is 0.318 e. The summed E-state index contributed by atoms with van der Waals surface area (Å²) >= 11 is 0.973. The van der Waals surface area contributed by atoms with Gasteiger partial charge in [-0.1, -0.05) is 11.8 Å². The van der Waals surface area contributed by atoms with E-state index in [9.17, 15) is 14.4 Å². The van der Waals surface area contributed by atoms with E-state index < -0.39 is 22.7 Å². The van der Waals surface area contributed by atoms with Crippen LogP contribution in [0.4, 0.5) is 11.5 Å². The molecule has 150 valence electrons. The molecule has 2 aromatic rings. The highest BCUT2D eigenvalue weighted by Gasteiger charge is 2.19. The summed E-state index contributed by atoms with van der Waals surface area (Å²) in [6.45, 7) is 1.60. The normalized spacial score (nSPS) is 11.4. The van der Waals surface area contributed by atoms with Gasteiger partial charge in [-0.2, -0.15) is 0 Å². The minimum absolute atomic E-state index is 0.129. The van der Waals surface area contributed by atoms with Gasteiger partial charge in [-0.15, -0.1) is 0 Å². The van der Waals surface area contributed by atoms with Gasteiger partial charge >= 0.3 is 5.97 Å². The number of nitrogens with two attached hydrogens (primary N) is 1. The number of aromatic nitrogens is 2. The maximum absolute atomic E-state index is 12.5. The molecule has 2 rings (SSSR count). The van der Waals surface area contributed by atoms with Crippen LogP contribution in [0.25, 0.3) is 0 Å². The number of nitrogens with one attached hydrogen (secondary N) is 2. The van der Waals surface area contributed by atoms with E-state index in [0.29, 0.717) is 11.5 Å². The number of nitrogens with zero attached hydrogens (tertiary/aromatic N) is 1. The second-order valence-corrected chi connectivity index (χ2v) is 6.77. The van der Waals surface area contributed by atoms with Crippen molar-refractivity contribution in [2.75, 3.05) is 32.4 Å². The summed E-state index contributed by atoms with van der Waals surface area (Å²) in [5.74, 6) is -0.421. The van der Waals surface area contributed by atoms with Gasteiger partial charge in [0.05, 0.1) is 21.3 Å². The Morgan fingerprint density at radius 1 is 1.21 bits per heavy atom. The van der Waals surface area contributed by atoms with Crippen LogP contribution < -0.4 is 26.1 Å². The summed E-state index contributed by atoms with van der Waals surface area (Å²) in [6, 6.07) is 4.54.